The minimum absolute atomic E-state index is 0.0122. The summed E-state index contributed by atoms with van der Waals surface area (Å²) in [6.45, 7) is 4.55. The highest BCUT2D eigenvalue weighted by Gasteiger charge is 2.34. The number of nitrogens with one attached hydrogen (secondary N) is 1. The molecule has 1 atom stereocenters. The molecule has 2 fully saturated rings. The van der Waals surface area contributed by atoms with E-state index >= 15 is 0 Å². The summed E-state index contributed by atoms with van der Waals surface area (Å²) < 4.78 is 2.13. The van der Waals surface area contributed by atoms with Crippen LogP contribution in [0.1, 0.15) is 76.0 Å². The smallest absolute Gasteiger partial charge is 0.318 e. The number of nitrogens with zero attached hydrogens (tertiary/aromatic N) is 5. The Kier molecular flexibility index (Phi) is 5.31. The second-order valence-corrected chi connectivity index (χ2v) is 7.93. The maximum Gasteiger partial charge on any atom is 0.318 e. The molecule has 148 valence electrons. The van der Waals surface area contributed by atoms with E-state index in [-0.39, 0.29) is 18.0 Å². The van der Waals surface area contributed by atoms with Crippen molar-refractivity contribution in [1.29, 1.82) is 0 Å². The molecule has 0 spiro atoms. The number of amides is 3. The molecule has 0 radical (unpaired) electrons. The van der Waals surface area contributed by atoms with E-state index in [1.54, 1.807) is 0 Å². The van der Waals surface area contributed by atoms with Gasteiger partial charge in [-0.25, -0.2) is 4.79 Å². The Hall–Kier alpha value is -2.12. The highest BCUT2D eigenvalue weighted by atomic mass is 16.2. The van der Waals surface area contributed by atoms with Gasteiger partial charge in [0, 0.05) is 32.1 Å². The van der Waals surface area contributed by atoms with Gasteiger partial charge in [0.05, 0.1) is 12.6 Å². The number of hydrogen-bond acceptors (Lipinski definition) is 4. The normalized spacial score (nSPS) is 23.4. The quantitative estimate of drug-likeness (QED) is 0.879. The molecule has 0 bridgehead atoms. The molecule has 1 N–H and O–H groups in total. The topological polar surface area (TPSA) is 83.4 Å². The lowest BCUT2D eigenvalue weighted by atomic mass is 10.0. The van der Waals surface area contributed by atoms with Crippen LogP contribution in [0.2, 0.25) is 0 Å². The van der Waals surface area contributed by atoms with Crippen LogP contribution in [0.3, 0.4) is 0 Å². The molecule has 3 amide bonds. The molecule has 1 aliphatic carbocycles. The predicted octanol–water partition coefficient (Wildman–Crippen LogP) is 2.21. The molecule has 3 aliphatic rings. The lowest BCUT2D eigenvalue weighted by Crippen LogP contribution is -2.47. The minimum atomic E-state index is 0.0122. The van der Waals surface area contributed by atoms with E-state index in [4.69, 9.17) is 0 Å². The van der Waals surface area contributed by atoms with Gasteiger partial charge in [0.15, 0.2) is 11.6 Å². The Balaban J connectivity index is 1.46. The highest BCUT2D eigenvalue weighted by Crippen LogP contribution is 2.31. The summed E-state index contributed by atoms with van der Waals surface area (Å²) in [5, 5.41) is 12.0. The molecule has 1 aromatic rings. The number of aromatic nitrogens is 3. The van der Waals surface area contributed by atoms with Gasteiger partial charge in [0.1, 0.15) is 0 Å². The SMILES string of the molecule is CCC(=O)N1CCCC[C@H]1c1nnc2n1CCN(C(=O)NC1CCCC1)C2. The largest absolute Gasteiger partial charge is 0.335 e. The number of urea groups is 1. The van der Waals surface area contributed by atoms with E-state index in [0.717, 1.165) is 50.3 Å². The molecule has 4 rings (SSSR count). The zero-order valence-corrected chi connectivity index (χ0v) is 16.2. The Morgan fingerprint density at radius 1 is 1.04 bits per heavy atom. The standard InChI is InChI=1S/C19H30N6O2/c1-2-17(26)24-10-6-5-9-15(24)18-22-21-16-13-23(11-12-25(16)18)19(27)20-14-7-3-4-8-14/h14-15H,2-13H2,1H3,(H,20,27)/t15-/m0/s1. The molecule has 0 aromatic carbocycles. The van der Waals surface area contributed by atoms with Gasteiger partial charge in [0.2, 0.25) is 5.91 Å². The second-order valence-electron chi connectivity index (χ2n) is 7.93. The van der Waals surface area contributed by atoms with Crippen LogP contribution >= 0.6 is 0 Å². The van der Waals surface area contributed by atoms with E-state index in [1.807, 2.05) is 16.7 Å². The van der Waals surface area contributed by atoms with Gasteiger partial charge in [-0.15, -0.1) is 10.2 Å². The van der Waals surface area contributed by atoms with Gasteiger partial charge >= 0.3 is 6.03 Å². The summed E-state index contributed by atoms with van der Waals surface area (Å²) in [5.41, 5.74) is 0. The minimum Gasteiger partial charge on any atom is -0.335 e. The van der Waals surface area contributed by atoms with Crippen molar-refractivity contribution < 1.29 is 9.59 Å². The Bertz CT molecular complexity index is 696. The average molecular weight is 374 g/mol. The molecule has 8 heteroatoms. The van der Waals surface area contributed by atoms with Crippen molar-refractivity contribution in [3.63, 3.8) is 0 Å². The van der Waals surface area contributed by atoms with Crippen LogP contribution in [0.5, 0.6) is 0 Å². The molecule has 1 aromatic heterocycles. The molecule has 2 aliphatic heterocycles. The molecule has 1 saturated carbocycles. The van der Waals surface area contributed by atoms with Crippen LogP contribution in [0, 0.1) is 0 Å². The van der Waals surface area contributed by atoms with E-state index in [2.05, 4.69) is 20.1 Å². The Morgan fingerprint density at radius 3 is 2.59 bits per heavy atom. The van der Waals surface area contributed by atoms with Crippen molar-refractivity contribution >= 4 is 11.9 Å². The fourth-order valence-corrected chi connectivity index (χ4v) is 4.64. The summed E-state index contributed by atoms with van der Waals surface area (Å²) in [4.78, 5) is 28.7. The van der Waals surface area contributed by atoms with Gasteiger partial charge in [0.25, 0.3) is 0 Å². The number of rotatable bonds is 3. The fraction of sp³-hybridized carbons (Fsp3) is 0.789. The van der Waals surface area contributed by atoms with Crippen molar-refractivity contribution in [3.05, 3.63) is 11.6 Å². The first-order valence-corrected chi connectivity index (χ1v) is 10.4. The second kappa shape index (κ2) is 7.86. The molecule has 3 heterocycles. The number of fused-ring (bicyclic) bond motifs is 1. The van der Waals surface area contributed by atoms with Gasteiger partial charge in [-0.3, -0.25) is 4.79 Å². The lowest BCUT2D eigenvalue weighted by molar-refractivity contribution is -0.135. The maximum atomic E-state index is 12.6. The van der Waals surface area contributed by atoms with E-state index in [1.165, 1.54) is 12.8 Å². The maximum absolute atomic E-state index is 12.6. The van der Waals surface area contributed by atoms with Gasteiger partial charge in [-0.1, -0.05) is 19.8 Å². The first-order valence-electron chi connectivity index (χ1n) is 10.4. The molecule has 1 saturated heterocycles. The van der Waals surface area contributed by atoms with Crippen LogP contribution in [0.4, 0.5) is 4.79 Å². The van der Waals surface area contributed by atoms with Crippen LogP contribution < -0.4 is 5.32 Å². The molecule has 8 nitrogen and oxygen atoms in total. The summed E-state index contributed by atoms with van der Waals surface area (Å²) in [7, 11) is 0. The van der Waals surface area contributed by atoms with Crippen molar-refractivity contribution in [1.82, 2.24) is 29.9 Å². The number of carbonyl (C=O) groups excluding carboxylic acids is 2. The summed E-state index contributed by atoms with van der Waals surface area (Å²) in [5.74, 6) is 1.90. The Labute approximate surface area is 160 Å². The van der Waals surface area contributed by atoms with Gasteiger partial charge in [-0.2, -0.15) is 0 Å². The van der Waals surface area contributed by atoms with Crippen molar-refractivity contribution in [3.8, 4) is 0 Å². The fourth-order valence-electron chi connectivity index (χ4n) is 4.64. The van der Waals surface area contributed by atoms with Crippen LogP contribution in [0.15, 0.2) is 0 Å². The number of hydrogen-bond donors (Lipinski definition) is 1. The molecule has 0 unspecified atom stereocenters. The third kappa shape index (κ3) is 3.66. The van der Waals surface area contributed by atoms with Gasteiger partial charge in [-0.05, 0) is 32.1 Å². The van der Waals surface area contributed by atoms with Gasteiger partial charge < -0.3 is 19.7 Å². The van der Waals surface area contributed by atoms with E-state index in [9.17, 15) is 9.59 Å². The Morgan fingerprint density at radius 2 is 1.81 bits per heavy atom. The third-order valence-corrected chi connectivity index (χ3v) is 6.18. The highest BCUT2D eigenvalue weighted by molar-refractivity contribution is 5.76. The van der Waals surface area contributed by atoms with Crippen molar-refractivity contribution in [2.45, 2.75) is 83.5 Å². The summed E-state index contributed by atoms with van der Waals surface area (Å²) in [6, 6.07) is 0.355. The summed E-state index contributed by atoms with van der Waals surface area (Å²) >= 11 is 0. The van der Waals surface area contributed by atoms with E-state index < -0.39 is 0 Å². The van der Waals surface area contributed by atoms with Crippen LogP contribution in [0.25, 0.3) is 0 Å². The molecular weight excluding hydrogens is 344 g/mol. The number of piperidine rings is 1. The molecule has 27 heavy (non-hydrogen) atoms. The summed E-state index contributed by atoms with van der Waals surface area (Å²) in [6.07, 6.45) is 8.21. The zero-order chi connectivity index (χ0) is 18.8. The zero-order valence-electron chi connectivity index (χ0n) is 16.2. The lowest BCUT2D eigenvalue weighted by Gasteiger charge is -2.36. The monoisotopic (exact) mass is 374 g/mol. The van der Waals surface area contributed by atoms with Crippen LogP contribution in [-0.2, 0) is 17.9 Å². The van der Waals surface area contributed by atoms with Crippen LogP contribution in [-0.4, -0.2) is 55.6 Å². The first-order chi connectivity index (χ1) is 13.2. The first kappa shape index (κ1) is 18.3. The number of likely N-dealkylation sites (tertiary alicyclic amines) is 1. The molecular formula is C19H30N6O2. The third-order valence-electron chi connectivity index (χ3n) is 6.18. The van der Waals surface area contributed by atoms with E-state index in [0.29, 0.717) is 32.1 Å². The van der Waals surface area contributed by atoms with Crippen molar-refractivity contribution in [2.24, 2.45) is 0 Å². The average Bonchev–Trinajstić information content (AvgIpc) is 3.36. The predicted molar refractivity (Wildman–Crippen MR) is 99.8 cm³/mol. The van der Waals surface area contributed by atoms with Crippen molar-refractivity contribution in [2.75, 3.05) is 13.1 Å². The number of carbonyl (C=O) groups is 2.